The Bertz CT molecular complexity index is 1680. The average molecular weight is 602 g/mol. The van der Waals surface area contributed by atoms with E-state index in [1.165, 1.54) is 0 Å². The van der Waals surface area contributed by atoms with Gasteiger partial charge in [-0.15, -0.1) is 0 Å². The molecule has 3 aromatic carbocycles. The van der Waals surface area contributed by atoms with E-state index in [1.807, 2.05) is 72.8 Å². The number of fused-ring (bicyclic) bond motifs is 2. The van der Waals surface area contributed by atoms with Gasteiger partial charge in [-0.25, -0.2) is 4.68 Å². The number of aromatic amines is 1. The number of H-pyrrole nitrogens is 1. The largest absolute Gasteiger partial charge is 0.394 e. The quantitative estimate of drug-likeness (QED) is 0.205. The molecule has 6 rings (SSSR count). The van der Waals surface area contributed by atoms with E-state index in [0.29, 0.717) is 31.2 Å². The number of aryl methyl sites for hydroxylation is 1. The van der Waals surface area contributed by atoms with Gasteiger partial charge in [-0.2, -0.15) is 0 Å². The molecular formula is C34H40FN3O4Si. The third-order valence-electron chi connectivity index (χ3n) is 9.44. The van der Waals surface area contributed by atoms with Gasteiger partial charge in [0.2, 0.25) is 14.3 Å². The van der Waals surface area contributed by atoms with Crippen molar-refractivity contribution in [1.82, 2.24) is 14.7 Å². The lowest BCUT2D eigenvalue weighted by molar-refractivity contribution is -0.138. The Morgan fingerprint density at radius 1 is 1.05 bits per heavy atom. The number of rotatable bonds is 8. The number of nitrogens with zero attached hydrogens (tertiary/aromatic N) is 2. The summed E-state index contributed by atoms with van der Waals surface area (Å²) < 4.78 is 23.9. The minimum Gasteiger partial charge on any atom is -0.394 e. The molecule has 1 saturated heterocycles. The van der Waals surface area contributed by atoms with Crippen molar-refractivity contribution in [3.63, 3.8) is 0 Å². The molecule has 43 heavy (non-hydrogen) atoms. The van der Waals surface area contributed by atoms with Crippen LogP contribution in [-0.2, 0) is 28.9 Å². The van der Waals surface area contributed by atoms with Crippen molar-refractivity contribution in [2.24, 2.45) is 5.92 Å². The molecule has 7 nitrogen and oxygen atoms in total. The number of aliphatic hydroxyl groups is 1. The third kappa shape index (κ3) is 5.86. The van der Waals surface area contributed by atoms with Gasteiger partial charge in [-0.1, -0.05) is 55.5 Å². The predicted molar refractivity (Wildman–Crippen MR) is 169 cm³/mol. The van der Waals surface area contributed by atoms with Gasteiger partial charge < -0.3 is 18.9 Å². The second-order valence-electron chi connectivity index (χ2n) is 12.7. The molecule has 2 aliphatic rings. The molecule has 0 bridgehead atoms. The molecule has 1 aromatic heterocycles. The first-order chi connectivity index (χ1) is 20.6. The van der Waals surface area contributed by atoms with Gasteiger partial charge in [-0.05, 0) is 79.2 Å². The number of carbonyl (C=O) groups excluding carboxylic acids is 1. The van der Waals surface area contributed by atoms with Gasteiger partial charge in [-0.3, -0.25) is 14.7 Å². The molecule has 0 unspecified atom stereocenters. The third-order valence-corrected chi connectivity index (χ3v) is 11.9. The van der Waals surface area contributed by atoms with Crippen molar-refractivity contribution in [2.45, 2.75) is 76.0 Å². The van der Waals surface area contributed by atoms with E-state index in [0.717, 1.165) is 27.9 Å². The van der Waals surface area contributed by atoms with Crippen LogP contribution < -0.4 is 5.56 Å². The number of amides is 1. The summed E-state index contributed by atoms with van der Waals surface area (Å²) in [5.74, 6) is -0.120. The summed E-state index contributed by atoms with van der Waals surface area (Å²) in [6.45, 7) is 5.82. The first-order valence-electron chi connectivity index (χ1n) is 15.2. The van der Waals surface area contributed by atoms with Crippen LogP contribution in [0.3, 0.4) is 0 Å². The second kappa shape index (κ2) is 11.9. The molecule has 0 aliphatic carbocycles. The minimum atomic E-state index is -3.16. The number of aliphatic hydroxyl groups excluding tert-OH is 1. The van der Waals surface area contributed by atoms with Crippen LogP contribution in [0, 0.1) is 5.92 Å². The highest BCUT2D eigenvalue weighted by Gasteiger charge is 2.52. The molecule has 226 valence electrons. The smallest absolute Gasteiger partial charge is 0.279 e. The van der Waals surface area contributed by atoms with E-state index < -0.39 is 14.5 Å². The van der Waals surface area contributed by atoms with Gasteiger partial charge in [0.15, 0.2) is 0 Å². The number of hydrogen-bond donors (Lipinski definition) is 2. The van der Waals surface area contributed by atoms with Crippen LogP contribution in [0.4, 0.5) is 4.11 Å². The minimum absolute atomic E-state index is 0.0281. The SMILES string of the molecule is C[C@@H]1[C@@H]([Si](C)(C)F)[C@H](CC(=O)N2Cc3ccccc3C[C@H]2CO)O[C@@H]1CCc1cccc(-n2[nH]c3ccccc3c2=O)c1. The van der Waals surface area contributed by atoms with Crippen LogP contribution in [0.2, 0.25) is 18.6 Å². The van der Waals surface area contributed by atoms with Gasteiger partial charge in [0.05, 0.1) is 47.9 Å². The summed E-state index contributed by atoms with van der Waals surface area (Å²) in [4.78, 5) is 28.4. The molecule has 3 heterocycles. The molecule has 5 atom stereocenters. The standard InChI is InChI=1S/C34H40FN3O4Si/c1-22-30(16-15-23-9-8-12-26(17-23)38-34(41)28-13-6-7-14-29(28)36-38)42-31(33(22)43(2,3)35)19-32(40)37-20-25-11-5-4-10-24(25)18-27(37)21-39/h4-14,17,22,27,30-31,33,36,39H,15-16,18-21H2,1-3H3/t22-,27-,30+,31-,33+/m0/s1. The number of carbonyl (C=O) groups is 1. The van der Waals surface area contributed by atoms with E-state index in [1.54, 1.807) is 22.7 Å². The fraction of sp³-hybridized carbons (Fsp3) is 0.412. The summed E-state index contributed by atoms with van der Waals surface area (Å²) in [5, 5.41) is 13.9. The first kappa shape index (κ1) is 29.5. The number of hydrogen-bond acceptors (Lipinski definition) is 4. The molecule has 0 saturated carbocycles. The number of nitrogens with one attached hydrogen (secondary N) is 1. The zero-order chi connectivity index (χ0) is 30.3. The molecule has 9 heteroatoms. The molecule has 2 aliphatic heterocycles. The van der Waals surface area contributed by atoms with Gasteiger partial charge >= 0.3 is 0 Å². The van der Waals surface area contributed by atoms with E-state index >= 15 is 4.11 Å². The second-order valence-corrected chi connectivity index (χ2v) is 16.5. The van der Waals surface area contributed by atoms with Crippen LogP contribution in [-0.4, -0.2) is 59.0 Å². The first-order valence-corrected chi connectivity index (χ1v) is 18.2. The van der Waals surface area contributed by atoms with Crippen molar-refractivity contribution >= 4 is 25.2 Å². The van der Waals surface area contributed by atoms with Crippen LogP contribution in [0.1, 0.15) is 36.5 Å². The van der Waals surface area contributed by atoms with Crippen molar-refractivity contribution < 1.29 is 18.7 Å². The van der Waals surface area contributed by atoms with Crippen molar-refractivity contribution in [1.29, 1.82) is 0 Å². The summed E-state index contributed by atoms with van der Waals surface area (Å²) in [6, 6.07) is 23.1. The van der Waals surface area contributed by atoms with Gasteiger partial charge in [0.25, 0.3) is 5.56 Å². The van der Waals surface area contributed by atoms with E-state index in [2.05, 4.69) is 12.0 Å². The number of para-hydroxylation sites is 1. The summed E-state index contributed by atoms with van der Waals surface area (Å²) in [5.41, 5.74) is 4.46. The summed E-state index contributed by atoms with van der Waals surface area (Å²) >= 11 is 0. The molecule has 2 N–H and O–H groups in total. The lowest BCUT2D eigenvalue weighted by atomic mass is 9.93. The van der Waals surface area contributed by atoms with E-state index in [9.17, 15) is 14.7 Å². The predicted octanol–water partition coefficient (Wildman–Crippen LogP) is 5.54. The van der Waals surface area contributed by atoms with Crippen LogP contribution in [0.25, 0.3) is 16.6 Å². The number of aromatic nitrogens is 2. The molecule has 0 spiro atoms. The number of halogens is 1. The molecule has 1 amide bonds. The van der Waals surface area contributed by atoms with Crippen molar-refractivity contribution in [3.05, 3.63) is 99.8 Å². The van der Waals surface area contributed by atoms with E-state index in [4.69, 9.17) is 4.74 Å². The fourth-order valence-corrected chi connectivity index (χ4v) is 9.85. The maximum atomic E-state index is 15.8. The van der Waals surface area contributed by atoms with Gasteiger partial charge in [0.1, 0.15) is 0 Å². The number of ether oxygens (including phenoxy) is 1. The lowest BCUT2D eigenvalue weighted by Crippen LogP contribution is -2.48. The van der Waals surface area contributed by atoms with Crippen molar-refractivity contribution in [3.8, 4) is 5.69 Å². The Kier molecular flexibility index (Phi) is 8.15. The highest BCUT2D eigenvalue weighted by molar-refractivity contribution is 6.72. The Morgan fingerprint density at radius 2 is 1.79 bits per heavy atom. The topological polar surface area (TPSA) is 87.6 Å². The molecule has 4 aromatic rings. The van der Waals surface area contributed by atoms with Crippen LogP contribution in [0.15, 0.2) is 77.6 Å². The maximum absolute atomic E-state index is 15.8. The maximum Gasteiger partial charge on any atom is 0.279 e. The van der Waals surface area contributed by atoms with Crippen LogP contribution >= 0.6 is 0 Å². The Morgan fingerprint density at radius 3 is 2.53 bits per heavy atom. The Hall–Kier alpha value is -3.53. The number of benzene rings is 3. The zero-order valence-corrected chi connectivity index (χ0v) is 26.0. The monoisotopic (exact) mass is 601 g/mol. The molecular weight excluding hydrogens is 561 g/mol. The lowest BCUT2D eigenvalue weighted by Gasteiger charge is -2.37. The van der Waals surface area contributed by atoms with Crippen LogP contribution in [0.5, 0.6) is 0 Å². The molecule has 0 radical (unpaired) electrons. The normalized spacial score (nSPS) is 23.9. The zero-order valence-electron chi connectivity index (χ0n) is 25.0. The fourth-order valence-electron chi connectivity index (χ4n) is 7.31. The highest BCUT2D eigenvalue weighted by Crippen LogP contribution is 2.47. The van der Waals surface area contributed by atoms with Gasteiger partial charge in [0, 0.05) is 12.1 Å². The summed E-state index contributed by atoms with van der Waals surface area (Å²) in [6.07, 6.45) is 1.44. The molecule has 1 fully saturated rings. The summed E-state index contributed by atoms with van der Waals surface area (Å²) in [7, 11) is -3.16. The average Bonchev–Trinajstić information content (AvgIpc) is 3.51. The Labute approximate surface area is 252 Å². The Balaban J connectivity index is 1.16. The van der Waals surface area contributed by atoms with E-state index in [-0.39, 0.29) is 48.1 Å². The highest BCUT2D eigenvalue weighted by atomic mass is 28.4. The van der Waals surface area contributed by atoms with Crippen molar-refractivity contribution in [2.75, 3.05) is 6.61 Å².